The quantitative estimate of drug-likeness (QED) is 0.781. The number of nitrogens with two attached hydrogens (primary N) is 1. The number of aromatic nitrogens is 2. The molecule has 25 heavy (non-hydrogen) atoms. The van der Waals surface area contributed by atoms with Crippen LogP contribution >= 0.6 is 0 Å². The van der Waals surface area contributed by atoms with Crippen LogP contribution in [0.2, 0.25) is 0 Å². The van der Waals surface area contributed by atoms with Crippen LogP contribution in [0.3, 0.4) is 0 Å². The lowest BCUT2D eigenvalue weighted by molar-refractivity contribution is -0.137. The number of aryl methyl sites for hydroxylation is 1. The Morgan fingerprint density at radius 3 is 2.48 bits per heavy atom. The summed E-state index contributed by atoms with van der Waals surface area (Å²) < 4.78 is 41.5. The fourth-order valence-electron chi connectivity index (χ4n) is 2.59. The third-order valence-corrected chi connectivity index (χ3v) is 3.76. The lowest BCUT2D eigenvalue weighted by Crippen LogP contribution is -2.12. The van der Waals surface area contributed by atoms with Crippen molar-refractivity contribution in [1.82, 2.24) is 9.55 Å². The van der Waals surface area contributed by atoms with E-state index in [2.05, 4.69) is 4.98 Å². The van der Waals surface area contributed by atoms with E-state index in [0.717, 1.165) is 12.1 Å². The molecule has 4 nitrogen and oxygen atoms in total. The first kappa shape index (κ1) is 16.8. The van der Waals surface area contributed by atoms with Crippen molar-refractivity contribution < 1.29 is 18.0 Å². The number of alkyl halides is 3. The summed E-state index contributed by atoms with van der Waals surface area (Å²) in [6.45, 7) is 1.74. The second-order valence-electron chi connectivity index (χ2n) is 5.60. The number of halogens is 3. The van der Waals surface area contributed by atoms with Gasteiger partial charge in [0.25, 0.3) is 0 Å². The normalized spacial score (nSPS) is 11.5. The molecule has 1 aromatic heterocycles. The zero-order chi connectivity index (χ0) is 18.2. The Morgan fingerprint density at radius 2 is 1.88 bits per heavy atom. The van der Waals surface area contributed by atoms with Crippen molar-refractivity contribution in [2.45, 2.75) is 13.1 Å². The molecule has 0 radical (unpaired) electrons. The number of primary amides is 1. The molecular weight excluding hydrogens is 331 g/mol. The molecule has 3 aromatic rings. The second-order valence-corrected chi connectivity index (χ2v) is 5.60. The third-order valence-electron chi connectivity index (χ3n) is 3.76. The van der Waals surface area contributed by atoms with Crippen molar-refractivity contribution >= 4 is 5.91 Å². The van der Waals surface area contributed by atoms with Crippen LogP contribution in [0, 0.1) is 6.92 Å². The number of rotatable bonds is 3. The molecule has 3 rings (SSSR count). The molecule has 1 amide bonds. The fraction of sp³-hybridized carbons (Fsp3) is 0.111. The Hall–Kier alpha value is -3.09. The highest BCUT2D eigenvalue weighted by Crippen LogP contribution is 2.35. The summed E-state index contributed by atoms with van der Waals surface area (Å²) in [5, 5.41) is 0. The Morgan fingerprint density at radius 1 is 1.16 bits per heavy atom. The highest BCUT2D eigenvalue weighted by Gasteiger charge is 2.31. The first-order valence-electron chi connectivity index (χ1n) is 7.38. The standard InChI is InChI=1S/C18H14F3N3O/c1-11-9-24(10-23-11)14-7-12(6-13(8-14)18(19,20)21)15-4-2-3-5-16(15)17(22)25/h2-10H,1H3,(H2,22,25). The van der Waals surface area contributed by atoms with E-state index in [1.807, 2.05) is 0 Å². The highest BCUT2D eigenvalue weighted by molar-refractivity contribution is 6.00. The molecule has 2 N–H and O–H groups in total. The highest BCUT2D eigenvalue weighted by atomic mass is 19.4. The zero-order valence-corrected chi connectivity index (χ0v) is 13.2. The van der Waals surface area contributed by atoms with Crippen LogP contribution < -0.4 is 5.73 Å². The number of hydrogen-bond donors (Lipinski definition) is 1. The largest absolute Gasteiger partial charge is 0.416 e. The SMILES string of the molecule is Cc1cn(-c2cc(-c3ccccc3C(N)=O)cc(C(F)(F)F)c2)cn1. The minimum atomic E-state index is -4.53. The lowest BCUT2D eigenvalue weighted by atomic mass is 9.97. The van der Waals surface area contributed by atoms with Gasteiger partial charge in [0.2, 0.25) is 5.91 Å². The molecule has 0 saturated carbocycles. The Balaban J connectivity index is 2.25. The van der Waals surface area contributed by atoms with Crippen LogP contribution in [-0.2, 0) is 6.18 Å². The monoisotopic (exact) mass is 345 g/mol. The van der Waals surface area contributed by atoms with E-state index in [1.54, 1.807) is 37.4 Å². The van der Waals surface area contributed by atoms with Crippen LogP contribution in [0.4, 0.5) is 13.2 Å². The summed E-state index contributed by atoms with van der Waals surface area (Å²) in [7, 11) is 0. The average Bonchev–Trinajstić information content (AvgIpc) is 3.00. The summed E-state index contributed by atoms with van der Waals surface area (Å²) in [6.07, 6.45) is -1.46. The van der Waals surface area contributed by atoms with Gasteiger partial charge in [0.15, 0.2) is 0 Å². The molecule has 128 valence electrons. The van der Waals surface area contributed by atoms with Gasteiger partial charge in [-0.3, -0.25) is 4.79 Å². The Bertz CT molecular complexity index is 945. The van der Waals surface area contributed by atoms with Gasteiger partial charge in [-0.15, -0.1) is 0 Å². The van der Waals surface area contributed by atoms with E-state index in [0.29, 0.717) is 16.9 Å². The van der Waals surface area contributed by atoms with E-state index in [9.17, 15) is 18.0 Å². The minimum Gasteiger partial charge on any atom is -0.366 e. The van der Waals surface area contributed by atoms with Crippen molar-refractivity contribution in [3.63, 3.8) is 0 Å². The van der Waals surface area contributed by atoms with E-state index < -0.39 is 17.6 Å². The number of amides is 1. The van der Waals surface area contributed by atoms with Crippen LogP contribution in [0.1, 0.15) is 21.6 Å². The predicted molar refractivity (Wildman–Crippen MR) is 87.3 cm³/mol. The van der Waals surface area contributed by atoms with Gasteiger partial charge in [0, 0.05) is 17.4 Å². The summed E-state index contributed by atoms with van der Waals surface area (Å²) in [5.74, 6) is -0.701. The van der Waals surface area contributed by atoms with Crippen molar-refractivity contribution in [3.05, 3.63) is 71.8 Å². The third kappa shape index (κ3) is 3.40. The maximum atomic E-state index is 13.3. The summed E-state index contributed by atoms with van der Waals surface area (Å²) >= 11 is 0. The molecule has 0 aliphatic rings. The number of benzene rings is 2. The van der Waals surface area contributed by atoms with Crippen LogP contribution in [0.25, 0.3) is 16.8 Å². The molecule has 0 saturated heterocycles. The van der Waals surface area contributed by atoms with E-state index in [-0.39, 0.29) is 11.1 Å². The van der Waals surface area contributed by atoms with Gasteiger partial charge in [-0.1, -0.05) is 18.2 Å². The van der Waals surface area contributed by atoms with Gasteiger partial charge in [-0.05, 0) is 42.3 Å². The van der Waals surface area contributed by atoms with Crippen LogP contribution in [0.5, 0.6) is 0 Å². The minimum absolute atomic E-state index is 0.162. The number of nitrogens with zero attached hydrogens (tertiary/aromatic N) is 2. The number of hydrogen-bond acceptors (Lipinski definition) is 2. The number of carbonyl (C=O) groups excluding carboxylic acids is 1. The maximum absolute atomic E-state index is 13.3. The molecule has 0 aliphatic carbocycles. The van der Waals surface area contributed by atoms with Crippen molar-refractivity contribution in [1.29, 1.82) is 0 Å². The zero-order valence-electron chi connectivity index (χ0n) is 13.2. The van der Waals surface area contributed by atoms with Crippen molar-refractivity contribution in [3.8, 4) is 16.8 Å². The molecule has 0 unspecified atom stereocenters. The van der Waals surface area contributed by atoms with E-state index in [4.69, 9.17) is 5.73 Å². The predicted octanol–water partition coefficient (Wildman–Crippen LogP) is 3.97. The van der Waals surface area contributed by atoms with E-state index in [1.165, 1.54) is 17.0 Å². The van der Waals surface area contributed by atoms with Gasteiger partial charge in [0.05, 0.1) is 17.6 Å². The smallest absolute Gasteiger partial charge is 0.366 e. The van der Waals surface area contributed by atoms with Crippen LogP contribution in [-0.4, -0.2) is 15.5 Å². The van der Waals surface area contributed by atoms with Gasteiger partial charge in [0.1, 0.15) is 0 Å². The Labute approximate surface area is 141 Å². The van der Waals surface area contributed by atoms with Gasteiger partial charge >= 0.3 is 6.18 Å². The fourth-order valence-corrected chi connectivity index (χ4v) is 2.59. The summed E-state index contributed by atoms with van der Waals surface area (Å²) in [6, 6.07) is 9.92. The summed E-state index contributed by atoms with van der Waals surface area (Å²) in [5.41, 5.74) is 6.27. The van der Waals surface area contributed by atoms with Gasteiger partial charge in [-0.25, -0.2) is 4.98 Å². The molecule has 0 spiro atoms. The van der Waals surface area contributed by atoms with Crippen molar-refractivity contribution in [2.75, 3.05) is 0 Å². The van der Waals surface area contributed by atoms with E-state index >= 15 is 0 Å². The molecule has 0 bridgehead atoms. The van der Waals surface area contributed by atoms with Gasteiger partial charge < -0.3 is 10.3 Å². The van der Waals surface area contributed by atoms with Crippen LogP contribution in [0.15, 0.2) is 55.0 Å². The molecule has 1 heterocycles. The maximum Gasteiger partial charge on any atom is 0.416 e. The molecule has 0 aliphatic heterocycles. The number of imidazole rings is 1. The molecule has 0 fully saturated rings. The Kier molecular flexibility index (Phi) is 4.08. The lowest BCUT2D eigenvalue weighted by Gasteiger charge is -2.14. The molecule has 2 aromatic carbocycles. The topological polar surface area (TPSA) is 60.9 Å². The molecular formula is C18H14F3N3O. The van der Waals surface area contributed by atoms with Gasteiger partial charge in [-0.2, -0.15) is 13.2 Å². The summed E-state index contributed by atoms with van der Waals surface area (Å²) in [4.78, 5) is 15.7. The first-order valence-corrected chi connectivity index (χ1v) is 7.38. The second kappa shape index (κ2) is 6.08. The molecule has 7 heteroatoms. The number of carbonyl (C=O) groups is 1. The average molecular weight is 345 g/mol. The first-order chi connectivity index (χ1) is 11.8. The van der Waals surface area contributed by atoms with Crippen molar-refractivity contribution in [2.24, 2.45) is 5.73 Å². The molecule has 0 atom stereocenters.